The maximum atomic E-state index is 11.1. The maximum Gasteiger partial charge on any atom is 0.337 e. The second kappa shape index (κ2) is 5.86. The molecule has 0 spiro atoms. The van der Waals surface area contributed by atoms with Gasteiger partial charge in [-0.05, 0) is 30.2 Å². The molecule has 0 aliphatic carbocycles. The molecule has 19 heavy (non-hydrogen) atoms. The van der Waals surface area contributed by atoms with Gasteiger partial charge in [0.2, 0.25) is 0 Å². The molecule has 0 saturated heterocycles. The summed E-state index contributed by atoms with van der Waals surface area (Å²) in [6.45, 7) is 0.597. The highest BCUT2D eigenvalue weighted by Crippen LogP contribution is 2.23. The van der Waals surface area contributed by atoms with Crippen molar-refractivity contribution in [3.63, 3.8) is 0 Å². The molecule has 0 saturated carbocycles. The molecular formula is C14H15N3O2. The SMILES string of the molecule is Nc1cccc(C(=O)O)c1NCCc1cccnc1. The standard InChI is InChI=1S/C14H15N3O2/c15-12-5-1-4-11(14(18)19)13(12)17-8-6-10-3-2-7-16-9-10/h1-5,7,9,17H,6,8,15H2,(H,18,19). The van der Waals surface area contributed by atoms with Gasteiger partial charge in [-0.3, -0.25) is 4.98 Å². The zero-order valence-electron chi connectivity index (χ0n) is 10.3. The normalized spacial score (nSPS) is 10.1. The van der Waals surface area contributed by atoms with Crippen molar-refractivity contribution in [2.75, 3.05) is 17.6 Å². The molecular weight excluding hydrogens is 242 g/mol. The Morgan fingerprint density at radius 3 is 2.84 bits per heavy atom. The zero-order valence-corrected chi connectivity index (χ0v) is 10.3. The molecule has 0 radical (unpaired) electrons. The number of pyridine rings is 1. The van der Waals surface area contributed by atoms with Crippen LogP contribution in [0.4, 0.5) is 11.4 Å². The zero-order chi connectivity index (χ0) is 13.7. The van der Waals surface area contributed by atoms with Gasteiger partial charge in [0.15, 0.2) is 0 Å². The van der Waals surface area contributed by atoms with Crippen molar-refractivity contribution in [3.8, 4) is 0 Å². The van der Waals surface area contributed by atoms with Gasteiger partial charge in [0.25, 0.3) is 0 Å². The van der Waals surface area contributed by atoms with Gasteiger partial charge in [0.05, 0.1) is 16.9 Å². The molecule has 0 atom stereocenters. The van der Waals surface area contributed by atoms with E-state index >= 15 is 0 Å². The predicted molar refractivity (Wildman–Crippen MR) is 74.2 cm³/mol. The minimum absolute atomic E-state index is 0.186. The first-order valence-corrected chi connectivity index (χ1v) is 5.93. The summed E-state index contributed by atoms with van der Waals surface area (Å²) in [4.78, 5) is 15.1. The minimum Gasteiger partial charge on any atom is -0.478 e. The number of carboxylic acids is 1. The van der Waals surface area contributed by atoms with Crippen LogP contribution in [0.25, 0.3) is 0 Å². The Balaban J connectivity index is 2.05. The van der Waals surface area contributed by atoms with Gasteiger partial charge in [-0.2, -0.15) is 0 Å². The number of nitrogens with zero attached hydrogens (tertiary/aromatic N) is 1. The molecule has 0 unspecified atom stereocenters. The van der Waals surface area contributed by atoms with Gasteiger partial charge in [0, 0.05) is 18.9 Å². The van der Waals surface area contributed by atoms with Gasteiger partial charge in [-0.15, -0.1) is 0 Å². The molecule has 0 aliphatic heterocycles. The summed E-state index contributed by atoms with van der Waals surface area (Å²) in [6, 6.07) is 8.69. The third-order valence-electron chi connectivity index (χ3n) is 2.77. The average Bonchev–Trinajstić information content (AvgIpc) is 2.41. The van der Waals surface area contributed by atoms with E-state index in [0.29, 0.717) is 17.9 Å². The van der Waals surface area contributed by atoms with Crippen LogP contribution in [-0.4, -0.2) is 22.6 Å². The number of hydrogen-bond donors (Lipinski definition) is 3. The molecule has 1 aromatic heterocycles. The van der Waals surface area contributed by atoms with E-state index in [1.54, 1.807) is 24.5 Å². The number of rotatable bonds is 5. The quantitative estimate of drug-likeness (QED) is 0.713. The predicted octanol–water partition coefficient (Wildman–Crippen LogP) is 2.02. The van der Waals surface area contributed by atoms with Crippen molar-refractivity contribution < 1.29 is 9.90 Å². The van der Waals surface area contributed by atoms with E-state index in [0.717, 1.165) is 12.0 Å². The highest BCUT2D eigenvalue weighted by molar-refractivity contribution is 5.97. The summed E-state index contributed by atoms with van der Waals surface area (Å²) < 4.78 is 0. The number of carboxylic acid groups (broad SMARTS) is 1. The highest BCUT2D eigenvalue weighted by atomic mass is 16.4. The number of benzene rings is 1. The molecule has 0 amide bonds. The van der Waals surface area contributed by atoms with Gasteiger partial charge in [-0.1, -0.05) is 12.1 Å². The second-order valence-corrected chi connectivity index (χ2v) is 4.11. The van der Waals surface area contributed by atoms with Crippen molar-refractivity contribution in [2.24, 2.45) is 0 Å². The third kappa shape index (κ3) is 3.22. The number of nitrogens with one attached hydrogen (secondary N) is 1. The number of anilines is 2. The molecule has 98 valence electrons. The van der Waals surface area contributed by atoms with Crippen LogP contribution < -0.4 is 11.1 Å². The van der Waals surface area contributed by atoms with Crippen LogP contribution in [0.2, 0.25) is 0 Å². The summed E-state index contributed by atoms with van der Waals surface area (Å²) in [6.07, 6.45) is 4.25. The summed E-state index contributed by atoms with van der Waals surface area (Å²) >= 11 is 0. The molecule has 0 fully saturated rings. The second-order valence-electron chi connectivity index (χ2n) is 4.11. The number of nitrogen functional groups attached to an aromatic ring is 1. The number of para-hydroxylation sites is 1. The summed E-state index contributed by atoms with van der Waals surface area (Å²) in [5.41, 5.74) is 7.98. The van der Waals surface area contributed by atoms with Crippen molar-refractivity contribution in [1.82, 2.24) is 4.98 Å². The average molecular weight is 257 g/mol. The Bertz CT molecular complexity index is 570. The Labute approximate surface area is 111 Å². The summed E-state index contributed by atoms with van der Waals surface area (Å²) in [5.74, 6) is -0.990. The van der Waals surface area contributed by atoms with Gasteiger partial charge < -0.3 is 16.2 Å². The lowest BCUT2D eigenvalue weighted by atomic mass is 10.1. The molecule has 2 rings (SSSR count). The Morgan fingerprint density at radius 2 is 2.16 bits per heavy atom. The van der Waals surface area contributed by atoms with Crippen molar-refractivity contribution in [3.05, 3.63) is 53.9 Å². The van der Waals surface area contributed by atoms with Crippen LogP contribution in [-0.2, 0) is 6.42 Å². The molecule has 1 heterocycles. The van der Waals surface area contributed by atoms with Crippen molar-refractivity contribution in [1.29, 1.82) is 0 Å². The van der Waals surface area contributed by atoms with Gasteiger partial charge >= 0.3 is 5.97 Å². The number of carbonyl (C=O) groups is 1. The van der Waals surface area contributed by atoms with Crippen LogP contribution in [0.3, 0.4) is 0 Å². The Morgan fingerprint density at radius 1 is 1.32 bits per heavy atom. The van der Waals surface area contributed by atoms with Crippen molar-refractivity contribution >= 4 is 17.3 Å². The highest BCUT2D eigenvalue weighted by Gasteiger charge is 2.11. The van der Waals surface area contributed by atoms with Crippen LogP contribution in [0, 0.1) is 0 Å². The number of aromatic nitrogens is 1. The molecule has 2 aromatic rings. The first-order valence-electron chi connectivity index (χ1n) is 5.93. The van der Waals surface area contributed by atoms with E-state index in [9.17, 15) is 4.79 Å². The lowest BCUT2D eigenvalue weighted by Crippen LogP contribution is -2.11. The summed E-state index contributed by atoms with van der Waals surface area (Å²) in [5, 5.41) is 12.2. The summed E-state index contributed by atoms with van der Waals surface area (Å²) in [7, 11) is 0. The van der Waals surface area contributed by atoms with Crippen LogP contribution in [0.5, 0.6) is 0 Å². The first-order chi connectivity index (χ1) is 9.18. The van der Waals surface area contributed by atoms with Crippen LogP contribution in [0.1, 0.15) is 15.9 Å². The third-order valence-corrected chi connectivity index (χ3v) is 2.77. The number of aromatic carboxylic acids is 1. The fourth-order valence-corrected chi connectivity index (χ4v) is 1.82. The molecule has 5 heteroatoms. The Hall–Kier alpha value is -2.56. The largest absolute Gasteiger partial charge is 0.478 e. The molecule has 1 aromatic carbocycles. The van der Waals surface area contributed by atoms with Gasteiger partial charge in [0.1, 0.15) is 0 Å². The molecule has 4 N–H and O–H groups in total. The molecule has 5 nitrogen and oxygen atoms in total. The van der Waals surface area contributed by atoms with Gasteiger partial charge in [-0.25, -0.2) is 4.79 Å². The van der Waals surface area contributed by atoms with Crippen LogP contribution >= 0.6 is 0 Å². The van der Waals surface area contributed by atoms with E-state index in [-0.39, 0.29) is 5.56 Å². The van der Waals surface area contributed by atoms with E-state index in [4.69, 9.17) is 10.8 Å². The topological polar surface area (TPSA) is 88.2 Å². The molecule has 0 aliphatic rings. The molecule has 0 bridgehead atoms. The first kappa shape index (κ1) is 12.9. The van der Waals surface area contributed by atoms with E-state index in [2.05, 4.69) is 10.3 Å². The fraction of sp³-hybridized carbons (Fsp3) is 0.143. The van der Waals surface area contributed by atoms with Crippen LogP contribution in [0.15, 0.2) is 42.7 Å². The lowest BCUT2D eigenvalue weighted by molar-refractivity contribution is 0.0698. The van der Waals surface area contributed by atoms with Crippen molar-refractivity contribution in [2.45, 2.75) is 6.42 Å². The Kier molecular flexibility index (Phi) is 3.97. The smallest absolute Gasteiger partial charge is 0.337 e. The van der Waals surface area contributed by atoms with E-state index < -0.39 is 5.97 Å². The van der Waals surface area contributed by atoms with E-state index in [1.165, 1.54) is 6.07 Å². The monoisotopic (exact) mass is 257 g/mol. The van der Waals surface area contributed by atoms with E-state index in [1.807, 2.05) is 12.1 Å². The number of nitrogens with two attached hydrogens (primary N) is 1. The minimum atomic E-state index is -0.990. The fourth-order valence-electron chi connectivity index (χ4n) is 1.82. The maximum absolute atomic E-state index is 11.1. The number of hydrogen-bond acceptors (Lipinski definition) is 4. The lowest BCUT2D eigenvalue weighted by Gasteiger charge is -2.12.